The van der Waals surface area contributed by atoms with Crippen molar-refractivity contribution >= 4 is 16.3 Å². The monoisotopic (exact) mass is 205 g/mol. The van der Waals surface area contributed by atoms with E-state index in [4.69, 9.17) is 14.2 Å². The van der Waals surface area contributed by atoms with Crippen LogP contribution >= 0.6 is 0 Å². The van der Waals surface area contributed by atoms with Crippen LogP contribution in [0, 0.1) is 0 Å². The molecule has 0 rings (SSSR count). The van der Waals surface area contributed by atoms with E-state index in [1.165, 1.54) is 27.4 Å². The van der Waals surface area contributed by atoms with Crippen LogP contribution in [0.25, 0.3) is 0 Å². The first-order valence-corrected chi connectivity index (χ1v) is 4.74. The Labute approximate surface area is 80.5 Å². The fraction of sp³-hybridized carbons (Fsp3) is 0.857. The molecule has 0 aromatic rings. The fourth-order valence-electron chi connectivity index (χ4n) is 0.882. The van der Waals surface area contributed by atoms with Crippen molar-refractivity contribution in [1.29, 1.82) is 0 Å². The molecule has 0 saturated heterocycles. The minimum atomic E-state index is -1.13. The van der Waals surface area contributed by atoms with Crippen LogP contribution in [0.4, 0.5) is 0 Å². The third-order valence-corrected chi connectivity index (χ3v) is 4.02. The second-order valence-electron chi connectivity index (χ2n) is 2.74. The zero-order valence-corrected chi connectivity index (χ0v) is 10.6. The van der Waals surface area contributed by atoms with Crippen LogP contribution in [0.1, 0.15) is 6.92 Å². The van der Waals surface area contributed by atoms with Crippen LogP contribution in [0.3, 0.4) is 0 Å². The Balaban J connectivity index is 5.01. The third kappa shape index (κ3) is 2.23. The number of nitrogens with zero attached hydrogens (tertiary/aromatic N) is 1. The van der Waals surface area contributed by atoms with Gasteiger partial charge in [-0.05, 0) is 6.92 Å². The molecule has 13 heavy (non-hydrogen) atoms. The number of rotatable bonds is 5. The van der Waals surface area contributed by atoms with Crippen LogP contribution in [-0.2, 0) is 19.0 Å². The number of methoxy groups -OCH3 is 3. The molecule has 0 fully saturated rings. The Hall–Kier alpha value is -0.523. The van der Waals surface area contributed by atoms with Gasteiger partial charge in [-0.25, -0.2) is 4.79 Å². The summed E-state index contributed by atoms with van der Waals surface area (Å²) in [5, 5.41) is 0. The summed E-state index contributed by atoms with van der Waals surface area (Å²) in [5.74, 6) is 0. The van der Waals surface area contributed by atoms with Crippen molar-refractivity contribution in [1.82, 2.24) is 0 Å². The average Bonchev–Trinajstić information content (AvgIpc) is 2.16. The van der Waals surface area contributed by atoms with Gasteiger partial charge in [-0.2, -0.15) is 4.99 Å². The van der Waals surface area contributed by atoms with Gasteiger partial charge >= 0.3 is 0 Å². The quantitative estimate of drug-likeness (QED) is 0.250. The zero-order chi connectivity index (χ0) is 10.5. The van der Waals surface area contributed by atoms with Crippen molar-refractivity contribution in [3.8, 4) is 0 Å². The number of aliphatic imine (C=N–C) groups is 1. The molecule has 0 aromatic heterocycles. The highest BCUT2D eigenvalue weighted by Crippen LogP contribution is 2.27. The normalized spacial score (nSPS) is 16.3. The van der Waals surface area contributed by atoms with Crippen LogP contribution in [-0.4, -0.2) is 48.8 Å². The van der Waals surface area contributed by atoms with Crippen LogP contribution in [0.15, 0.2) is 4.99 Å². The van der Waals surface area contributed by atoms with Gasteiger partial charge in [0.1, 0.15) is 0 Å². The number of hydrogen-bond donors (Lipinski definition) is 0. The van der Waals surface area contributed by atoms with Crippen molar-refractivity contribution < 1.29 is 19.0 Å². The van der Waals surface area contributed by atoms with Gasteiger partial charge in [-0.3, -0.25) is 0 Å². The van der Waals surface area contributed by atoms with Gasteiger partial charge in [0.15, 0.2) is 5.41 Å². The minimum absolute atomic E-state index is 0.509. The first-order valence-electron chi connectivity index (χ1n) is 3.74. The lowest BCUT2D eigenvalue weighted by Gasteiger charge is -2.38. The molecule has 0 N–H and O–H groups in total. The Morgan fingerprint density at radius 3 is 1.92 bits per heavy atom. The van der Waals surface area contributed by atoms with E-state index in [-0.39, 0.29) is 0 Å². The SMILES string of the molecule is COC(C)(N=C=O)C([SiH3])(OC)OC. The maximum absolute atomic E-state index is 10.2. The van der Waals surface area contributed by atoms with Gasteiger partial charge in [-0.15, -0.1) is 0 Å². The molecule has 0 saturated carbocycles. The third-order valence-electron chi connectivity index (χ3n) is 2.28. The molecule has 1 unspecified atom stereocenters. The molecule has 6 heteroatoms. The summed E-state index contributed by atoms with van der Waals surface area (Å²) in [5.41, 5.74) is -2.11. The number of carbonyl (C=O) groups excluding carboxylic acids is 1. The highest BCUT2D eigenvalue weighted by Gasteiger charge is 2.46. The molecule has 0 radical (unpaired) electrons. The van der Waals surface area contributed by atoms with Gasteiger partial charge in [0.25, 0.3) is 0 Å². The largest absolute Gasteiger partial charge is 0.353 e. The van der Waals surface area contributed by atoms with Crippen LogP contribution in [0.5, 0.6) is 0 Å². The van der Waals surface area contributed by atoms with Gasteiger partial charge in [-0.1, -0.05) is 0 Å². The first-order chi connectivity index (χ1) is 5.99. The summed E-state index contributed by atoms with van der Waals surface area (Å²) in [4.78, 5) is 13.7. The maximum Gasteiger partial charge on any atom is 0.238 e. The Kier molecular flexibility index (Phi) is 4.45. The molecular formula is C7H15NO4Si. The summed E-state index contributed by atoms with van der Waals surface area (Å²) in [7, 11) is 4.91. The van der Waals surface area contributed by atoms with Crippen molar-refractivity contribution in [3.05, 3.63) is 0 Å². The summed E-state index contributed by atoms with van der Waals surface area (Å²) in [6.45, 7) is 1.61. The molecule has 5 nitrogen and oxygen atoms in total. The average molecular weight is 205 g/mol. The Bertz CT molecular complexity index is 213. The maximum atomic E-state index is 10.2. The van der Waals surface area contributed by atoms with Crippen molar-refractivity contribution in [2.45, 2.75) is 18.1 Å². The molecule has 0 heterocycles. The number of ether oxygens (including phenoxy) is 3. The summed E-state index contributed by atoms with van der Waals surface area (Å²) in [6, 6.07) is 0. The lowest BCUT2D eigenvalue weighted by atomic mass is 10.2. The molecule has 0 aliphatic rings. The second kappa shape index (κ2) is 4.64. The van der Waals surface area contributed by atoms with E-state index in [2.05, 4.69) is 4.99 Å². The molecule has 0 aromatic carbocycles. The van der Waals surface area contributed by atoms with Gasteiger partial charge < -0.3 is 14.2 Å². The number of hydrogen-bond acceptors (Lipinski definition) is 5. The van der Waals surface area contributed by atoms with E-state index in [0.717, 1.165) is 0 Å². The highest BCUT2D eigenvalue weighted by atomic mass is 28.1. The topological polar surface area (TPSA) is 57.1 Å². The standard InChI is InChI=1S/C7H15NO4Si/c1-6(10-2,8-5-9)7(13,11-3)12-4/h1-4,13H3. The predicted molar refractivity (Wildman–Crippen MR) is 50.2 cm³/mol. The predicted octanol–water partition coefficient (Wildman–Crippen LogP) is -1.00. The summed E-state index contributed by atoms with van der Waals surface area (Å²) in [6.07, 6.45) is 1.45. The molecule has 1 atom stereocenters. The van der Waals surface area contributed by atoms with E-state index < -0.39 is 11.1 Å². The highest BCUT2D eigenvalue weighted by molar-refractivity contribution is 6.14. The Morgan fingerprint density at radius 1 is 1.23 bits per heavy atom. The molecule has 0 spiro atoms. The minimum Gasteiger partial charge on any atom is -0.353 e. The molecule has 0 bridgehead atoms. The lowest BCUT2D eigenvalue weighted by Crippen LogP contribution is -2.55. The van der Waals surface area contributed by atoms with E-state index in [9.17, 15) is 4.79 Å². The van der Waals surface area contributed by atoms with Gasteiger partial charge in [0.2, 0.25) is 11.8 Å². The molecule has 0 aliphatic carbocycles. The Morgan fingerprint density at radius 2 is 1.69 bits per heavy atom. The molecule has 0 amide bonds. The second-order valence-corrected chi connectivity index (χ2v) is 4.06. The zero-order valence-electron chi connectivity index (χ0n) is 8.58. The van der Waals surface area contributed by atoms with Crippen molar-refractivity contribution in [2.75, 3.05) is 21.3 Å². The van der Waals surface area contributed by atoms with Crippen molar-refractivity contribution in [2.24, 2.45) is 4.99 Å². The summed E-state index contributed by atoms with van der Waals surface area (Å²) >= 11 is 0. The van der Waals surface area contributed by atoms with Crippen LogP contribution in [0.2, 0.25) is 0 Å². The number of isocyanates is 1. The smallest absolute Gasteiger partial charge is 0.238 e. The lowest BCUT2D eigenvalue weighted by molar-refractivity contribution is -0.248. The van der Waals surface area contributed by atoms with E-state index in [1.54, 1.807) is 6.92 Å². The molecule has 0 aliphatic heterocycles. The summed E-state index contributed by atoms with van der Waals surface area (Å²) < 4.78 is 15.4. The van der Waals surface area contributed by atoms with Crippen molar-refractivity contribution in [3.63, 3.8) is 0 Å². The van der Waals surface area contributed by atoms with Gasteiger partial charge in [0, 0.05) is 21.3 Å². The molecule has 76 valence electrons. The molecular weight excluding hydrogens is 190 g/mol. The fourth-order valence-corrected chi connectivity index (χ4v) is 1.20. The van der Waals surface area contributed by atoms with Crippen LogP contribution < -0.4 is 0 Å². The first kappa shape index (κ1) is 12.5. The van der Waals surface area contributed by atoms with Gasteiger partial charge in [0.05, 0.1) is 10.2 Å². The van der Waals surface area contributed by atoms with E-state index in [0.29, 0.717) is 10.2 Å². The van der Waals surface area contributed by atoms with E-state index in [1.807, 2.05) is 0 Å². The van der Waals surface area contributed by atoms with E-state index >= 15 is 0 Å².